The van der Waals surface area contributed by atoms with Gasteiger partial charge in [-0.3, -0.25) is 0 Å². The molecule has 63 heavy (non-hydrogen) atoms. The summed E-state index contributed by atoms with van der Waals surface area (Å²) in [7, 11) is 0. The lowest BCUT2D eigenvalue weighted by atomic mass is 10.1. The van der Waals surface area contributed by atoms with E-state index in [1.807, 2.05) is 12.1 Å². The van der Waals surface area contributed by atoms with Gasteiger partial charge in [0.1, 0.15) is 0 Å². The second-order valence-corrected chi connectivity index (χ2v) is 16.2. The standard InChI is InChI=1S/C58H37N5/c1-4-16-38(17-5-1)49-37-50(39-18-6-2-7-19-39)60-58(59-49)40-28-30-42(31-29-40)63-54-34-32-43(62-51-25-13-10-22-44(51)45-23-11-14-26-52(45)62)36-48(54)46-33-35-55-56(57(46)63)47-24-12-15-27-53(47)61(55)41-20-8-3-9-21-41/h1-37H. The normalized spacial score (nSPS) is 11.8. The molecule has 0 saturated carbocycles. The fourth-order valence-corrected chi connectivity index (χ4v) is 9.86. The molecule has 0 bridgehead atoms. The second kappa shape index (κ2) is 14.0. The highest BCUT2D eigenvalue weighted by atomic mass is 15.0. The van der Waals surface area contributed by atoms with E-state index < -0.39 is 0 Å². The van der Waals surface area contributed by atoms with Crippen molar-refractivity contribution in [2.24, 2.45) is 0 Å². The Labute approximate surface area is 363 Å². The molecule has 0 N–H and O–H groups in total. The van der Waals surface area contributed by atoms with E-state index in [1.54, 1.807) is 0 Å². The van der Waals surface area contributed by atoms with Gasteiger partial charge >= 0.3 is 0 Å². The number of aromatic nitrogens is 5. The van der Waals surface area contributed by atoms with E-state index in [0.717, 1.165) is 56.2 Å². The molecule has 5 heteroatoms. The molecule has 4 heterocycles. The molecular formula is C58H37N5. The van der Waals surface area contributed by atoms with E-state index in [0.29, 0.717) is 5.82 Å². The number of hydrogen-bond acceptors (Lipinski definition) is 2. The van der Waals surface area contributed by atoms with Crippen LogP contribution in [0, 0.1) is 0 Å². The average Bonchev–Trinajstić information content (AvgIpc) is 4.00. The molecule has 0 spiro atoms. The van der Waals surface area contributed by atoms with Crippen molar-refractivity contribution in [3.8, 4) is 51.0 Å². The van der Waals surface area contributed by atoms with Crippen molar-refractivity contribution in [1.29, 1.82) is 0 Å². The first-order chi connectivity index (χ1) is 31.3. The molecule has 0 unspecified atom stereocenters. The Morgan fingerprint density at radius 1 is 0.270 bits per heavy atom. The maximum absolute atomic E-state index is 5.15. The zero-order chi connectivity index (χ0) is 41.4. The highest BCUT2D eigenvalue weighted by Crippen LogP contribution is 2.43. The quantitative estimate of drug-likeness (QED) is 0.168. The number of benzene rings is 9. The van der Waals surface area contributed by atoms with Gasteiger partial charge in [0.2, 0.25) is 0 Å². The van der Waals surface area contributed by atoms with Crippen molar-refractivity contribution in [2.45, 2.75) is 0 Å². The first-order valence-electron chi connectivity index (χ1n) is 21.4. The van der Waals surface area contributed by atoms with Crippen LogP contribution < -0.4 is 0 Å². The maximum atomic E-state index is 5.15. The SMILES string of the molecule is c1ccc(-c2cc(-c3ccccc3)nc(-c3ccc(-n4c5ccc(-n6c7ccccc7c7ccccc76)cc5c5ccc6c(c7ccccc7n6-c6ccccc6)c54)cc3)n2)cc1. The molecule has 0 aliphatic heterocycles. The van der Waals surface area contributed by atoms with Crippen molar-refractivity contribution in [3.63, 3.8) is 0 Å². The molecule has 13 rings (SSSR count). The van der Waals surface area contributed by atoms with Crippen LogP contribution in [0.2, 0.25) is 0 Å². The zero-order valence-electron chi connectivity index (χ0n) is 34.1. The van der Waals surface area contributed by atoms with Crippen LogP contribution in [0.3, 0.4) is 0 Å². The van der Waals surface area contributed by atoms with Crippen LogP contribution in [-0.2, 0) is 0 Å². The van der Waals surface area contributed by atoms with E-state index in [4.69, 9.17) is 9.97 Å². The van der Waals surface area contributed by atoms with Gasteiger partial charge in [0.25, 0.3) is 0 Å². The van der Waals surface area contributed by atoms with E-state index in [1.165, 1.54) is 54.4 Å². The van der Waals surface area contributed by atoms with Gasteiger partial charge in [0.05, 0.1) is 44.5 Å². The van der Waals surface area contributed by atoms with Crippen molar-refractivity contribution < 1.29 is 0 Å². The summed E-state index contributed by atoms with van der Waals surface area (Å²) in [6.45, 7) is 0. The van der Waals surface area contributed by atoms with Crippen molar-refractivity contribution in [1.82, 2.24) is 23.7 Å². The van der Waals surface area contributed by atoms with Gasteiger partial charge in [-0.15, -0.1) is 0 Å². The first-order valence-corrected chi connectivity index (χ1v) is 21.4. The van der Waals surface area contributed by atoms with Gasteiger partial charge in [-0.1, -0.05) is 140 Å². The molecule has 0 aliphatic rings. The maximum Gasteiger partial charge on any atom is 0.160 e. The third-order valence-electron chi connectivity index (χ3n) is 12.6. The zero-order valence-corrected chi connectivity index (χ0v) is 34.1. The third kappa shape index (κ3) is 5.50. The van der Waals surface area contributed by atoms with Gasteiger partial charge in [0.15, 0.2) is 5.82 Å². The lowest BCUT2D eigenvalue weighted by molar-refractivity contribution is 1.16. The molecule has 0 fully saturated rings. The number of rotatable bonds is 6. The Hall–Kier alpha value is -8.54. The van der Waals surface area contributed by atoms with Gasteiger partial charge in [0, 0.05) is 66.1 Å². The van der Waals surface area contributed by atoms with Crippen LogP contribution in [0.4, 0.5) is 0 Å². The summed E-state index contributed by atoms with van der Waals surface area (Å²) in [4.78, 5) is 10.3. The van der Waals surface area contributed by atoms with Gasteiger partial charge in [-0.05, 0) is 84.9 Å². The molecule has 294 valence electrons. The average molecular weight is 804 g/mol. The monoisotopic (exact) mass is 803 g/mol. The van der Waals surface area contributed by atoms with Crippen LogP contribution in [0.15, 0.2) is 224 Å². The summed E-state index contributed by atoms with van der Waals surface area (Å²) in [5.74, 6) is 0.688. The van der Waals surface area contributed by atoms with E-state index in [-0.39, 0.29) is 0 Å². The fourth-order valence-electron chi connectivity index (χ4n) is 9.86. The van der Waals surface area contributed by atoms with Crippen molar-refractivity contribution in [2.75, 3.05) is 0 Å². The predicted octanol–water partition coefficient (Wildman–Crippen LogP) is 14.8. The Morgan fingerprint density at radius 3 is 1.35 bits per heavy atom. The van der Waals surface area contributed by atoms with Crippen molar-refractivity contribution >= 4 is 65.4 Å². The summed E-state index contributed by atoms with van der Waals surface area (Å²) in [5.41, 5.74) is 15.2. The molecule has 9 aromatic carbocycles. The number of hydrogen-bond donors (Lipinski definition) is 0. The summed E-state index contributed by atoms with van der Waals surface area (Å²) >= 11 is 0. The van der Waals surface area contributed by atoms with Crippen LogP contribution in [0.25, 0.3) is 116 Å². The van der Waals surface area contributed by atoms with E-state index in [2.05, 4.69) is 226 Å². The summed E-state index contributed by atoms with van der Waals surface area (Å²) in [5, 5.41) is 7.33. The molecule has 0 atom stereocenters. The minimum atomic E-state index is 0.688. The van der Waals surface area contributed by atoms with Crippen LogP contribution >= 0.6 is 0 Å². The predicted molar refractivity (Wildman–Crippen MR) is 261 cm³/mol. The topological polar surface area (TPSA) is 40.6 Å². The Bertz CT molecular complexity index is 3770. The largest absolute Gasteiger partial charge is 0.309 e. The van der Waals surface area contributed by atoms with Gasteiger partial charge < -0.3 is 13.7 Å². The van der Waals surface area contributed by atoms with Gasteiger partial charge in [-0.25, -0.2) is 9.97 Å². The van der Waals surface area contributed by atoms with Crippen molar-refractivity contribution in [3.05, 3.63) is 224 Å². The summed E-state index contributed by atoms with van der Waals surface area (Å²) in [6.07, 6.45) is 0. The number of nitrogens with zero attached hydrogens (tertiary/aromatic N) is 5. The third-order valence-corrected chi connectivity index (χ3v) is 12.6. The summed E-state index contributed by atoms with van der Waals surface area (Å²) in [6, 6.07) is 80.2. The Kier molecular flexibility index (Phi) is 7.84. The first kappa shape index (κ1) is 35.2. The minimum absolute atomic E-state index is 0.688. The molecule has 4 aromatic heterocycles. The van der Waals surface area contributed by atoms with Crippen LogP contribution in [-0.4, -0.2) is 23.7 Å². The van der Waals surface area contributed by atoms with Crippen LogP contribution in [0.1, 0.15) is 0 Å². The smallest absolute Gasteiger partial charge is 0.160 e. The van der Waals surface area contributed by atoms with E-state index >= 15 is 0 Å². The van der Waals surface area contributed by atoms with Crippen LogP contribution in [0.5, 0.6) is 0 Å². The number of para-hydroxylation sites is 4. The van der Waals surface area contributed by atoms with Gasteiger partial charge in [-0.2, -0.15) is 0 Å². The Balaban J connectivity index is 1.07. The summed E-state index contributed by atoms with van der Waals surface area (Å²) < 4.78 is 7.28. The lowest BCUT2D eigenvalue weighted by Crippen LogP contribution is -1.98. The molecule has 5 nitrogen and oxygen atoms in total. The lowest BCUT2D eigenvalue weighted by Gasteiger charge is -2.12. The number of fused-ring (bicyclic) bond motifs is 10. The molecule has 0 radical (unpaired) electrons. The molecule has 0 saturated heterocycles. The molecular weight excluding hydrogens is 767 g/mol. The van der Waals surface area contributed by atoms with E-state index in [9.17, 15) is 0 Å². The minimum Gasteiger partial charge on any atom is -0.309 e. The molecule has 0 amide bonds. The highest BCUT2D eigenvalue weighted by molar-refractivity contribution is 6.26. The molecule has 13 aromatic rings. The highest BCUT2D eigenvalue weighted by Gasteiger charge is 2.22. The Morgan fingerprint density at radius 2 is 0.730 bits per heavy atom. The fraction of sp³-hybridized carbons (Fsp3) is 0. The molecule has 0 aliphatic carbocycles. The second-order valence-electron chi connectivity index (χ2n) is 16.2.